The summed E-state index contributed by atoms with van der Waals surface area (Å²) in [7, 11) is 1.40. The van der Waals surface area contributed by atoms with E-state index in [0.29, 0.717) is 39.3 Å². The molecule has 1 aromatic rings. The van der Waals surface area contributed by atoms with Crippen molar-refractivity contribution in [1.82, 2.24) is 89.1 Å². The lowest BCUT2D eigenvalue weighted by Gasteiger charge is -2.31. The van der Waals surface area contributed by atoms with Gasteiger partial charge in [0.25, 0.3) is 5.97 Å². The summed E-state index contributed by atoms with van der Waals surface area (Å²) in [5, 5.41) is 91.6. The van der Waals surface area contributed by atoms with E-state index in [1.54, 1.807) is 64.3 Å². The maximum Gasteiger partial charge on any atom is 0.305 e. The number of amides is 19. The Bertz CT molecular complexity index is 4200. The number of benzene rings is 1. The van der Waals surface area contributed by atoms with Crippen LogP contribution in [0.5, 0.6) is 0 Å². The van der Waals surface area contributed by atoms with Crippen molar-refractivity contribution in [2.45, 2.75) is 228 Å². The van der Waals surface area contributed by atoms with Crippen molar-refractivity contribution in [2.24, 2.45) is 34.8 Å². The van der Waals surface area contributed by atoms with E-state index in [-0.39, 0.29) is 103 Å². The Balaban J connectivity index is 0.00000878. The molecule has 28 N–H and O–H groups in total. The number of unbranched alkanes of at least 4 members (excludes halogenated alkanes) is 1. The fraction of sp³-hybridized carbons (Fsp3) is 0.646. The molecule has 4 saturated heterocycles. The second kappa shape index (κ2) is 56.9. The minimum Gasteiger partial charge on any atom is -0.481 e. The van der Waals surface area contributed by atoms with Crippen LogP contribution in [0.2, 0.25) is 0 Å². The molecule has 0 bridgehead atoms. The number of fused-ring (bicyclic) bond motifs is 2. The molecule has 4 heterocycles. The van der Waals surface area contributed by atoms with Gasteiger partial charge in [0.15, 0.2) is 0 Å². The molecule has 0 saturated carbocycles. The highest BCUT2D eigenvalue weighted by Gasteiger charge is 2.45. The van der Waals surface area contributed by atoms with Gasteiger partial charge in [-0.2, -0.15) is 11.8 Å². The third-order valence-corrected chi connectivity index (χ3v) is 23.8. The molecule has 131 heavy (non-hydrogen) atoms. The first-order valence-electron chi connectivity index (χ1n) is 42.3. The van der Waals surface area contributed by atoms with Gasteiger partial charge >= 0.3 is 11.9 Å². The number of aliphatic hydroxyl groups is 3. The molecule has 0 aromatic heterocycles. The molecule has 0 radical (unpaired) electrons. The van der Waals surface area contributed by atoms with Crippen molar-refractivity contribution < 1.29 is 136 Å². The van der Waals surface area contributed by atoms with Crippen LogP contribution in [0.3, 0.4) is 0 Å². The lowest BCUT2D eigenvalue weighted by atomic mass is 10.0. The number of hydrogen-bond donors (Lipinski definition) is 24. The minimum atomic E-state index is -2.06. The summed E-state index contributed by atoms with van der Waals surface area (Å²) in [4.78, 5) is 303. The predicted octanol–water partition coefficient (Wildman–Crippen LogP) is -10.1. The van der Waals surface area contributed by atoms with Crippen LogP contribution in [0.4, 0.5) is 0 Å². The first-order valence-corrected chi connectivity index (χ1v) is 46.1. The number of nitrogens with two attached hydrogens (primary N) is 4. The van der Waals surface area contributed by atoms with Crippen molar-refractivity contribution in [1.29, 1.82) is 0 Å². The van der Waals surface area contributed by atoms with E-state index < -0.39 is 296 Å². The molecular weight excluding hydrogens is 1790 g/mol. The number of primary amides is 2. The maximum atomic E-state index is 15.3. The van der Waals surface area contributed by atoms with E-state index in [9.17, 15) is 112 Å². The predicted molar refractivity (Wildman–Crippen MR) is 469 cm³/mol. The quantitative estimate of drug-likeness (QED) is 0.0213. The standard InChI is InChI=1S/C77H119N21O26S3.C2H4O2/c1-38(2)26-44(65(112)85-42(62(81)109)20-25-125-5)84-57(103)31-82-75(122)61(39(3)4)95-68(115)45(27-40-14-7-6-8-15-40)87-71(118)51-36-126-127-37-52(77(124)98-24-13-19-55(98)73(120)89-47(29-59(105)106)63(110)83-32-58(104)96-22-11-17-53(96)72(119)90-48(30-60(107)108)67(114)93-51)94-64(111)43(16-9-10-21-78)86-69(116)49(34-100)91-66(113)46(28-56(80)102)88-70(117)50(35-101)92-74(121)54-18-12-23-97(54)76(123)41(79)33-99;1-2(3)4/h6-8,14-15,38-39,41-55,61,99-101H,9-13,16-37,78-79H2,1-5H3,(H2,80,102)(H2,81,109)(H,82,122)(H,83,110)(H,84,103)(H,85,112)(H,86,116)(H,87,118)(H,88,117)(H,89,120)(H,90,119)(H,91,113)(H,92,121)(H,93,114)(H,94,111)(H,95,115)(H,105,106)(H,107,108);1H3,(H,3,4)/t41-,42-,43-,44-,45-,46-,47?,48-,49-,50-,51?,52?,53-,54-,55-,61-;/m0./s1. The average Bonchev–Trinajstić information content (AvgIpc) is 1.64. The van der Waals surface area contributed by atoms with E-state index in [1.165, 1.54) is 11.8 Å². The van der Waals surface area contributed by atoms with Crippen molar-refractivity contribution in [3.63, 3.8) is 0 Å². The van der Waals surface area contributed by atoms with Crippen molar-refractivity contribution in [2.75, 3.05) is 82.6 Å². The number of carboxylic acids is 3. The third-order valence-electron chi connectivity index (χ3n) is 20.8. The highest BCUT2D eigenvalue weighted by atomic mass is 33.1. The number of likely N-dealkylation sites (tertiary alicyclic amines) is 1. The van der Waals surface area contributed by atoms with Gasteiger partial charge < -0.3 is 143 Å². The molecule has 19 amide bonds. The van der Waals surface area contributed by atoms with Crippen LogP contribution in [-0.4, -0.2) is 355 Å². The zero-order chi connectivity index (χ0) is 98.1. The fourth-order valence-corrected chi connectivity index (χ4v) is 16.8. The van der Waals surface area contributed by atoms with E-state index in [4.69, 9.17) is 32.8 Å². The number of thioether (sulfide) groups is 1. The van der Waals surface area contributed by atoms with E-state index >= 15 is 14.4 Å². The van der Waals surface area contributed by atoms with Crippen molar-refractivity contribution >= 4 is 163 Å². The summed E-state index contributed by atoms with van der Waals surface area (Å²) in [5.74, 6) is -26.1. The number of aliphatic carboxylic acids is 3. The summed E-state index contributed by atoms with van der Waals surface area (Å²) in [6.07, 6.45) is -1.20. The Morgan fingerprint density at radius 2 is 1.09 bits per heavy atom. The fourth-order valence-electron chi connectivity index (χ4n) is 14.0. The largest absolute Gasteiger partial charge is 0.481 e. The molecule has 4 aliphatic rings. The zero-order valence-electron chi connectivity index (χ0n) is 73.4. The monoisotopic (exact) mass is 1910 g/mol. The van der Waals surface area contributed by atoms with Crippen LogP contribution in [0.25, 0.3) is 0 Å². The molecular formula is C79H123N21O28S3. The summed E-state index contributed by atoms with van der Waals surface area (Å²) < 4.78 is 0. The van der Waals surface area contributed by atoms with Crippen LogP contribution >= 0.6 is 33.3 Å². The summed E-state index contributed by atoms with van der Waals surface area (Å²) in [5.41, 5.74) is 22.9. The smallest absolute Gasteiger partial charge is 0.305 e. The number of carboxylic acid groups (broad SMARTS) is 3. The van der Waals surface area contributed by atoms with E-state index in [0.717, 1.165) is 21.6 Å². The first-order chi connectivity index (χ1) is 61.9. The third kappa shape index (κ3) is 37.7. The molecule has 5 rings (SSSR count). The van der Waals surface area contributed by atoms with E-state index in [1.807, 2.05) is 0 Å². The number of carbonyl (C=O) groups is 22. The first kappa shape index (κ1) is 112. The number of nitrogens with zero attached hydrogens (tertiary/aromatic N) is 3. The zero-order valence-corrected chi connectivity index (χ0v) is 75.9. The van der Waals surface area contributed by atoms with Gasteiger partial charge in [0, 0.05) is 44.5 Å². The highest BCUT2D eigenvalue weighted by molar-refractivity contribution is 8.76. The SMILES string of the molecule is CC(=O)O.CSCC[C@H](NC(=O)[C@H](CC(C)C)NC(=O)CNC(=O)[C@@H](NC(=O)[C@H](Cc1ccccc1)NC(=O)C1CSSCC(NC(=O)[C@H](CCCCN)NC(=O)[C@H](CO)NC(=O)[C@H](CC(N)=O)NC(=O)[C@H](CO)NC(=O)[C@@H]2CCCN2C(=O)[C@@H](N)CO)C(=O)N2CCC[C@H]2C(=O)NC(CC(=O)O)C(=O)NCC(=O)N2CCC[C@H]2C(=O)N[C@@H](CC(=O)O)C(=O)N1)C(C)C)C(N)=O. The molecule has 49 nitrogen and oxygen atoms in total. The number of hydrogen-bond acceptors (Lipinski definition) is 30. The van der Waals surface area contributed by atoms with Crippen LogP contribution in [-0.2, 0) is 112 Å². The van der Waals surface area contributed by atoms with Crippen LogP contribution in [0.1, 0.15) is 130 Å². The number of rotatable bonds is 43. The summed E-state index contributed by atoms with van der Waals surface area (Å²) in [6, 6.07) is -18.4. The maximum absolute atomic E-state index is 15.3. The second-order valence-corrected chi connectivity index (χ2v) is 35.5. The molecule has 0 aliphatic carbocycles. The number of carbonyl (C=O) groups excluding carboxylic acids is 19. The van der Waals surface area contributed by atoms with Crippen LogP contribution in [0, 0.1) is 11.8 Å². The summed E-state index contributed by atoms with van der Waals surface area (Å²) >= 11 is 1.41. The Kier molecular flexibility index (Phi) is 48.5. The van der Waals surface area contributed by atoms with Gasteiger partial charge in [-0.1, -0.05) is 79.6 Å². The topological polar surface area (TPSA) is 779 Å². The number of aliphatic hydroxyl groups excluding tert-OH is 3. The molecule has 1 aromatic carbocycles. The molecule has 3 unspecified atom stereocenters. The molecule has 52 heteroatoms. The van der Waals surface area contributed by atoms with Gasteiger partial charge in [0.05, 0.1) is 52.2 Å². The number of nitrogens with one attached hydrogen (secondary N) is 14. The Hall–Kier alpha value is -11.6. The molecule has 16 atom stereocenters. The second-order valence-electron chi connectivity index (χ2n) is 31.9. The average molecular weight is 1910 g/mol. The normalized spacial score (nSPS) is 20.8. The molecule has 4 aliphatic heterocycles. The van der Waals surface area contributed by atoms with Crippen LogP contribution in [0.15, 0.2) is 30.3 Å². The van der Waals surface area contributed by atoms with Crippen molar-refractivity contribution in [3.8, 4) is 0 Å². The lowest BCUT2D eigenvalue weighted by Crippen LogP contribution is -2.61. The van der Waals surface area contributed by atoms with Gasteiger partial charge in [-0.05, 0) is 107 Å². The molecule has 4 fully saturated rings. The van der Waals surface area contributed by atoms with Crippen LogP contribution < -0.4 is 97.4 Å². The van der Waals surface area contributed by atoms with Gasteiger partial charge in [-0.25, -0.2) is 0 Å². The lowest BCUT2D eigenvalue weighted by molar-refractivity contribution is -0.144. The van der Waals surface area contributed by atoms with Gasteiger partial charge in [-0.15, -0.1) is 0 Å². The van der Waals surface area contributed by atoms with Gasteiger partial charge in [-0.3, -0.25) is 105 Å². The molecule has 730 valence electrons. The minimum absolute atomic E-state index is 0.0199. The Morgan fingerprint density at radius 1 is 0.565 bits per heavy atom. The molecule has 0 spiro atoms. The van der Waals surface area contributed by atoms with Gasteiger partial charge in [0.2, 0.25) is 112 Å². The Morgan fingerprint density at radius 3 is 1.65 bits per heavy atom. The summed E-state index contributed by atoms with van der Waals surface area (Å²) in [6.45, 7) is 2.62. The van der Waals surface area contributed by atoms with E-state index in [2.05, 4.69) is 74.4 Å². The van der Waals surface area contributed by atoms with Gasteiger partial charge in [0.1, 0.15) is 96.7 Å². The Labute approximate surface area is 765 Å². The van der Waals surface area contributed by atoms with Crippen molar-refractivity contribution in [3.05, 3.63) is 35.9 Å². The highest BCUT2D eigenvalue weighted by Crippen LogP contribution is 2.28.